The lowest BCUT2D eigenvalue weighted by molar-refractivity contribution is 0.310. The predicted molar refractivity (Wildman–Crippen MR) is 140 cm³/mol. The van der Waals surface area contributed by atoms with Crippen molar-refractivity contribution in [1.82, 2.24) is 14.8 Å². The SMILES string of the molecule is Cc1ccc(S(=O)(=O)Cc2nnc(SCCCCOc3ccc(Cl)cc3)n2-c2ccccc2)cc1. The highest BCUT2D eigenvalue weighted by Gasteiger charge is 2.22. The number of ether oxygens (including phenoxy) is 1. The summed E-state index contributed by atoms with van der Waals surface area (Å²) in [5, 5.41) is 9.94. The normalized spacial score (nSPS) is 11.5. The number of rotatable bonds is 11. The van der Waals surface area contributed by atoms with E-state index in [-0.39, 0.29) is 10.6 Å². The summed E-state index contributed by atoms with van der Waals surface area (Å²) in [6.07, 6.45) is 1.79. The highest BCUT2D eigenvalue weighted by molar-refractivity contribution is 7.99. The topological polar surface area (TPSA) is 74.1 Å². The summed E-state index contributed by atoms with van der Waals surface area (Å²) in [5.41, 5.74) is 1.84. The van der Waals surface area contributed by atoms with Crippen molar-refractivity contribution in [2.75, 3.05) is 12.4 Å². The maximum Gasteiger partial charge on any atom is 0.195 e. The van der Waals surface area contributed by atoms with Gasteiger partial charge in [0.15, 0.2) is 20.8 Å². The molecule has 182 valence electrons. The van der Waals surface area contributed by atoms with Gasteiger partial charge in [-0.25, -0.2) is 8.42 Å². The van der Waals surface area contributed by atoms with Crippen LogP contribution in [0, 0.1) is 6.92 Å². The molecule has 1 heterocycles. The van der Waals surface area contributed by atoms with Gasteiger partial charge in [-0.2, -0.15) is 0 Å². The van der Waals surface area contributed by atoms with E-state index in [0.717, 1.165) is 35.6 Å². The smallest absolute Gasteiger partial charge is 0.195 e. The maximum atomic E-state index is 13.1. The first-order valence-electron chi connectivity index (χ1n) is 11.2. The van der Waals surface area contributed by atoms with Crippen LogP contribution in [0.3, 0.4) is 0 Å². The van der Waals surface area contributed by atoms with Gasteiger partial charge in [0.2, 0.25) is 0 Å². The van der Waals surface area contributed by atoms with Crippen molar-refractivity contribution in [2.24, 2.45) is 0 Å². The summed E-state index contributed by atoms with van der Waals surface area (Å²) in [4.78, 5) is 0.278. The average Bonchev–Trinajstić information content (AvgIpc) is 3.24. The molecule has 0 spiro atoms. The first-order valence-corrected chi connectivity index (χ1v) is 14.2. The number of para-hydroxylation sites is 1. The molecule has 0 atom stereocenters. The summed E-state index contributed by atoms with van der Waals surface area (Å²) in [7, 11) is -3.57. The van der Waals surface area contributed by atoms with Gasteiger partial charge >= 0.3 is 0 Å². The minimum Gasteiger partial charge on any atom is -0.494 e. The zero-order valence-electron chi connectivity index (χ0n) is 19.3. The van der Waals surface area contributed by atoms with E-state index in [4.69, 9.17) is 16.3 Å². The number of aromatic nitrogens is 3. The first-order chi connectivity index (χ1) is 16.9. The van der Waals surface area contributed by atoms with Gasteiger partial charge in [0.25, 0.3) is 0 Å². The van der Waals surface area contributed by atoms with E-state index in [2.05, 4.69) is 10.2 Å². The van der Waals surface area contributed by atoms with Crippen LogP contribution in [-0.4, -0.2) is 35.5 Å². The summed E-state index contributed by atoms with van der Waals surface area (Å²) in [5.74, 6) is 1.77. The standard InChI is InChI=1S/C26H26ClN3O3S2/c1-20-9-15-24(16-10-20)35(31,32)19-25-28-29-26(30(25)22-7-3-2-4-8-22)34-18-6-5-17-33-23-13-11-21(27)12-14-23/h2-4,7-16H,5-6,17-19H2,1H3. The molecule has 0 saturated carbocycles. The van der Waals surface area contributed by atoms with Crippen molar-refractivity contribution in [2.45, 2.75) is 35.6 Å². The molecule has 0 bridgehead atoms. The molecule has 0 unspecified atom stereocenters. The number of benzene rings is 3. The quantitative estimate of drug-likeness (QED) is 0.172. The van der Waals surface area contributed by atoms with Gasteiger partial charge in [0, 0.05) is 16.5 Å². The number of sulfone groups is 1. The fraction of sp³-hybridized carbons (Fsp3) is 0.231. The van der Waals surface area contributed by atoms with Crippen LogP contribution in [0.15, 0.2) is 88.9 Å². The molecule has 6 nitrogen and oxygen atoms in total. The van der Waals surface area contributed by atoms with Crippen LogP contribution in [0.1, 0.15) is 24.2 Å². The Bertz CT molecular complexity index is 1340. The van der Waals surface area contributed by atoms with E-state index < -0.39 is 9.84 Å². The van der Waals surface area contributed by atoms with Gasteiger partial charge in [0.05, 0.1) is 11.5 Å². The molecule has 9 heteroatoms. The zero-order valence-corrected chi connectivity index (χ0v) is 21.7. The third-order valence-electron chi connectivity index (χ3n) is 5.27. The zero-order chi connectivity index (χ0) is 24.7. The van der Waals surface area contributed by atoms with E-state index in [1.54, 1.807) is 48.2 Å². The summed E-state index contributed by atoms with van der Waals surface area (Å²) in [6.45, 7) is 2.53. The Kier molecular flexibility index (Phi) is 8.49. The molecule has 0 aliphatic carbocycles. The molecule has 0 fully saturated rings. The van der Waals surface area contributed by atoms with Crippen molar-refractivity contribution in [1.29, 1.82) is 0 Å². The fourth-order valence-corrected chi connectivity index (χ4v) is 5.75. The van der Waals surface area contributed by atoms with Crippen LogP contribution in [0.25, 0.3) is 5.69 Å². The molecular weight excluding hydrogens is 502 g/mol. The number of hydrogen-bond donors (Lipinski definition) is 0. The molecule has 0 N–H and O–H groups in total. The Morgan fingerprint density at radius 2 is 1.63 bits per heavy atom. The minimum absolute atomic E-state index is 0.229. The van der Waals surface area contributed by atoms with Crippen molar-refractivity contribution in [3.05, 3.63) is 95.3 Å². The molecule has 4 aromatic rings. The van der Waals surface area contributed by atoms with Gasteiger partial charge in [-0.05, 0) is 68.3 Å². The Balaban J connectivity index is 1.42. The van der Waals surface area contributed by atoms with E-state index in [0.29, 0.717) is 22.6 Å². The van der Waals surface area contributed by atoms with Crippen LogP contribution in [0.2, 0.25) is 5.02 Å². The van der Waals surface area contributed by atoms with Gasteiger partial charge < -0.3 is 4.74 Å². The molecule has 0 radical (unpaired) electrons. The lowest BCUT2D eigenvalue weighted by atomic mass is 10.2. The molecule has 0 aliphatic rings. The Morgan fingerprint density at radius 3 is 2.34 bits per heavy atom. The van der Waals surface area contributed by atoms with Crippen LogP contribution >= 0.6 is 23.4 Å². The van der Waals surface area contributed by atoms with Crippen molar-refractivity contribution in [3.8, 4) is 11.4 Å². The van der Waals surface area contributed by atoms with E-state index in [1.807, 2.05) is 54.0 Å². The van der Waals surface area contributed by atoms with Crippen LogP contribution < -0.4 is 4.74 Å². The Hall–Kier alpha value is -2.81. The molecule has 4 rings (SSSR count). The minimum atomic E-state index is -3.57. The Labute approximate surface area is 215 Å². The number of hydrogen-bond acceptors (Lipinski definition) is 6. The van der Waals surface area contributed by atoms with Gasteiger partial charge in [0.1, 0.15) is 11.5 Å². The largest absolute Gasteiger partial charge is 0.494 e. The van der Waals surface area contributed by atoms with E-state index in [9.17, 15) is 8.42 Å². The second kappa shape index (κ2) is 11.7. The maximum absolute atomic E-state index is 13.1. The lowest BCUT2D eigenvalue weighted by Gasteiger charge is -2.11. The fourth-order valence-electron chi connectivity index (χ4n) is 3.41. The molecular formula is C26H26ClN3O3S2. The van der Waals surface area contributed by atoms with Gasteiger partial charge in [-0.1, -0.05) is 59.3 Å². The van der Waals surface area contributed by atoms with Gasteiger partial charge in [-0.15, -0.1) is 10.2 Å². The van der Waals surface area contributed by atoms with Gasteiger partial charge in [-0.3, -0.25) is 4.57 Å². The van der Waals surface area contributed by atoms with Crippen molar-refractivity contribution >= 4 is 33.2 Å². The molecule has 3 aromatic carbocycles. The second-order valence-corrected chi connectivity index (χ2v) is 11.5. The van der Waals surface area contributed by atoms with Crippen molar-refractivity contribution < 1.29 is 13.2 Å². The summed E-state index contributed by atoms with van der Waals surface area (Å²) < 4.78 is 33.7. The number of aryl methyl sites for hydroxylation is 1. The number of thioether (sulfide) groups is 1. The molecule has 35 heavy (non-hydrogen) atoms. The van der Waals surface area contributed by atoms with Crippen LogP contribution in [0.4, 0.5) is 0 Å². The van der Waals surface area contributed by atoms with E-state index in [1.165, 1.54) is 0 Å². The number of halogens is 1. The first kappa shape index (κ1) is 25.3. The third kappa shape index (κ3) is 6.87. The Morgan fingerprint density at radius 1 is 0.914 bits per heavy atom. The lowest BCUT2D eigenvalue weighted by Crippen LogP contribution is -2.11. The van der Waals surface area contributed by atoms with Crippen LogP contribution in [0.5, 0.6) is 5.75 Å². The second-order valence-electron chi connectivity index (χ2n) is 8.00. The highest BCUT2D eigenvalue weighted by atomic mass is 35.5. The monoisotopic (exact) mass is 527 g/mol. The average molecular weight is 528 g/mol. The van der Waals surface area contributed by atoms with E-state index >= 15 is 0 Å². The third-order valence-corrected chi connectivity index (χ3v) is 8.16. The predicted octanol–water partition coefficient (Wildman–Crippen LogP) is 6.15. The molecule has 0 amide bonds. The van der Waals surface area contributed by atoms with Crippen LogP contribution in [-0.2, 0) is 15.6 Å². The molecule has 0 aliphatic heterocycles. The highest BCUT2D eigenvalue weighted by Crippen LogP contribution is 2.26. The summed E-state index contributed by atoms with van der Waals surface area (Å²) >= 11 is 7.45. The van der Waals surface area contributed by atoms with Crippen molar-refractivity contribution in [3.63, 3.8) is 0 Å². The molecule has 0 saturated heterocycles. The number of unbranched alkanes of at least 4 members (excludes halogenated alkanes) is 1. The summed E-state index contributed by atoms with van der Waals surface area (Å²) in [6, 6.07) is 23.8. The molecule has 1 aromatic heterocycles. The number of nitrogens with zero attached hydrogens (tertiary/aromatic N) is 3.